The topological polar surface area (TPSA) is 18.5 Å². The molecule has 6 heteroatoms. The van der Waals surface area contributed by atoms with Crippen molar-refractivity contribution in [2.75, 3.05) is 0 Å². The summed E-state index contributed by atoms with van der Waals surface area (Å²) in [6.45, 7) is 7.62. The number of hydrogen-bond acceptors (Lipinski definition) is 3. The summed E-state index contributed by atoms with van der Waals surface area (Å²) in [5.74, 6) is 0. The van der Waals surface area contributed by atoms with Gasteiger partial charge in [-0.3, -0.25) is 0 Å². The van der Waals surface area contributed by atoms with Crippen molar-refractivity contribution in [1.82, 2.24) is 0 Å². The molecule has 0 aliphatic carbocycles. The van der Waals surface area contributed by atoms with Crippen LogP contribution >= 0.6 is 11.3 Å². The first-order chi connectivity index (χ1) is 7.74. The van der Waals surface area contributed by atoms with E-state index in [1.807, 2.05) is 27.7 Å². The minimum atomic E-state index is -2.48. The van der Waals surface area contributed by atoms with E-state index in [9.17, 15) is 8.78 Å². The van der Waals surface area contributed by atoms with E-state index in [0.717, 1.165) is 11.3 Å². The summed E-state index contributed by atoms with van der Waals surface area (Å²) in [5.41, 5.74) is -0.554. The van der Waals surface area contributed by atoms with Gasteiger partial charge in [-0.25, -0.2) is 8.78 Å². The lowest BCUT2D eigenvalue weighted by atomic mass is 9.79. The Morgan fingerprint density at radius 3 is 2.18 bits per heavy atom. The molecule has 0 saturated carbocycles. The maximum Gasteiger partial charge on any atom is 0.496 e. The molecule has 1 aromatic rings. The van der Waals surface area contributed by atoms with Gasteiger partial charge in [-0.15, -0.1) is 11.3 Å². The first kappa shape index (κ1) is 13.0. The van der Waals surface area contributed by atoms with Gasteiger partial charge in [-0.1, -0.05) is 6.07 Å². The molecule has 1 saturated heterocycles. The van der Waals surface area contributed by atoms with Gasteiger partial charge in [0.05, 0.1) is 16.1 Å². The molecule has 94 valence electrons. The van der Waals surface area contributed by atoms with Crippen molar-refractivity contribution in [2.45, 2.75) is 45.3 Å². The number of alkyl halides is 2. The largest absolute Gasteiger partial charge is 0.496 e. The Balaban J connectivity index is 2.29. The Bertz CT molecular complexity index is 401. The lowest BCUT2D eigenvalue weighted by Gasteiger charge is -2.32. The first-order valence-electron chi connectivity index (χ1n) is 5.46. The predicted octanol–water partition coefficient (Wildman–Crippen LogP) is 2.98. The number of thiophene rings is 1. The minimum Gasteiger partial charge on any atom is -0.399 e. The molecule has 0 bridgehead atoms. The zero-order chi connectivity index (χ0) is 12.8. The second-order valence-electron chi connectivity index (χ2n) is 5.13. The normalized spacial score (nSPS) is 22.4. The van der Waals surface area contributed by atoms with Crippen LogP contribution in [0.3, 0.4) is 0 Å². The third-order valence-corrected chi connectivity index (χ3v) is 4.37. The van der Waals surface area contributed by atoms with Gasteiger partial charge in [-0.2, -0.15) is 0 Å². The highest BCUT2D eigenvalue weighted by Crippen LogP contribution is 2.37. The van der Waals surface area contributed by atoms with Gasteiger partial charge in [0.1, 0.15) is 0 Å². The smallest absolute Gasteiger partial charge is 0.399 e. The average Bonchev–Trinajstić information content (AvgIpc) is 2.69. The summed E-state index contributed by atoms with van der Waals surface area (Å²) in [7, 11) is -0.699. The molecule has 1 aromatic heterocycles. The van der Waals surface area contributed by atoms with Crippen molar-refractivity contribution in [1.29, 1.82) is 0 Å². The molecule has 0 radical (unpaired) electrons. The Hall–Kier alpha value is -0.455. The second-order valence-corrected chi connectivity index (χ2v) is 6.08. The van der Waals surface area contributed by atoms with E-state index >= 15 is 0 Å². The lowest BCUT2D eigenvalue weighted by molar-refractivity contribution is 0.00578. The van der Waals surface area contributed by atoms with Crippen LogP contribution in [0, 0.1) is 0 Å². The third-order valence-electron chi connectivity index (χ3n) is 3.43. The summed E-state index contributed by atoms with van der Waals surface area (Å²) in [5, 5.41) is 1.64. The highest BCUT2D eigenvalue weighted by atomic mass is 32.1. The summed E-state index contributed by atoms with van der Waals surface area (Å²) in [6.07, 6.45) is -2.48. The molecule has 1 fully saturated rings. The molecule has 0 spiro atoms. The molecule has 2 heterocycles. The predicted molar refractivity (Wildman–Crippen MR) is 65.0 cm³/mol. The highest BCUT2D eigenvalue weighted by molar-refractivity contribution is 7.11. The van der Waals surface area contributed by atoms with Crippen LogP contribution in [-0.4, -0.2) is 18.3 Å². The number of rotatable bonds is 2. The molecule has 0 aromatic carbocycles. The van der Waals surface area contributed by atoms with E-state index in [1.54, 1.807) is 11.4 Å². The van der Waals surface area contributed by atoms with Gasteiger partial charge in [0.15, 0.2) is 0 Å². The van der Waals surface area contributed by atoms with Gasteiger partial charge in [-0.05, 0) is 33.1 Å². The van der Waals surface area contributed by atoms with E-state index < -0.39 is 24.7 Å². The van der Waals surface area contributed by atoms with Crippen molar-refractivity contribution in [3.05, 3.63) is 16.3 Å². The van der Waals surface area contributed by atoms with E-state index in [2.05, 4.69) is 0 Å². The van der Waals surface area contributed by atoms with Crippen molar-refractivity contribution >= 4 is 23.9 Å². The number of hydrogen-bond donors (Lipinski definition) is 0. The van der Waals surface area contributed by atoms with E-state index in [-0.39, 0.29) is 4.88 Å². The SMILES string of the molecule is CC1(C)OB(c2ccsc2C(F)F)OC1(C)C. The molecule has 0 N–H and O–H groups in total. The van der Waals surface area contributed by atoms with Crippen molar-refractivity contribution in [3.63, 3.8) is 0 Å². The van der Waals surface area contributed by atoms with Gasteiger partial charge in [0.25, 0.3) is 6.43 Å². The van der Waals surface area contributed by atoms with Gasteiger partial charge < -0.3 is 9.31 Å². The number of halogens is 2. The molecule has 1 aliphatic rings. The zero-order valence-electron chi connectivity index (χ0n) is 10.3. The van der Waals surface area contributed by atoms with Gasteiger partial charge in [0, 0.05) is 5.46 Å². The van der Waals surface area contributed by atoms with Gasteiger partial charge in [0.2, 0.25) is 0 Å². The van der Waals surface area contributed by atoms with Crippen LogP contribution in [0.25, 0.3) is 0 Å². The van der Waals surface area contributed by atoms with Gasteiger partial charge >= 0.3 is 7.12 Å². The molecular formula is C11H15BF2O2S. The van der Waals surface area contributed by atoms with Crippen LogP contribution in [0.5, 0.6) is 0 Å². The van der Waals surface area contributed by atoms with E-state index in [0.29, 0.717) is 5.46 Å². The summed E-state index contributed by atoms with van der Waals surface area (Å²) < 4.78 is 37.1. The summed E-state index contributed by atoms with van der Waals surface area (Å²) in [6, 6.07) is 1.65. The van der Waals surface area contributed by atoms with E-state index in [1.165, 1.54) is 0 Å². The van der Waals surface area contributed by atoms with Crippen LogP contribution in [0.15, 0.2) is 11.4 Å². The van der Waals surface area contributed by atoms with Crippen LogP contribution in [0.4, 0.5) is 8.78 Å². The highest BCUT2D eigenvalue weighted by Gasteiger charge is 2.52. The fraction of sp³-hybridized carbons (Fsp3) is 0.636. The fourth-order valence-corrected chi connectivity index (χ4v) is 2.44. The molecular weight excluding hydrogens is 245 g/mol. The maximum atomic E-state index is 12.8. The first-order valence-corrected chi connectivity index (χ1v) is 6.33. The Morgan fingerprint density at radius 2 is 1.71 bits per heavy atom. The maximum absolute atomic E-state index is 12.8. The molecule has 0 atom stereocenters. The lowest BCUT2D eigenvalue weighted by Crippen LogP contribution is -2.41. The monoisotopic (exact) mass is 260 g/mol. The Labute approximate surface area is 104 Å². The quantitative estimate of drug-likeness (QED) is 0.761. The third kappa shape index (κ3) is 2.14. The standard InChI is InChI=1S/C11H15BF2O2S/c1-10(2)11(3,4)16-12(15-10)7-5-6-17-8(7)9(13)14/h5-6,9H,1-4H3. The molecule has 0 amide bonds. The van der Waals surface area contributed by atoms with Crippen molar-refractivity contribution in [3.8, 4) is 0 Å². The summed E-state index contributed by atoms with van der Waals surface area (Å²) in [4.78, 5) is 0.0310. The van der Waals surface area contributed by atoms with Crippen LogP contribution in [0.2, 0.25) is 0 Å². The zero-order valence-corrected chi connectivity index (χ0v) is 11.1. The van der Waals surface area contributed by atoms with Crippen LogP contribution in [-0.2, 0) is 9.31 Å². The summed E-state index contributed by atoms with van der Waals surface area (Å²) >= 11 is 1.03. The van der Waals surface area contributed by atoms with Crippen LogP contribution in [0.1, 0.15) is 39.0 Å². The van der Waals surface area contributed by atoms with Crippen molar-refractivity contribution < 1.29 is 18.1 Å². The van der Waals surface area contributed by atoms with Crippen molar-refractivity contribution in [2.24, 2.45) is 0 Å². The average molecular weight is 260 g/mol. The Morgan fingerprint density at radius 1 is 1.18 bits per heavy atom. The fourth-order valence-electron chi connectivity index (χ4n) is 1.67. The Kier molecular flexibility index (Phi) is 3.08. The van der Waals surface area contributed by atoms with E-state index in [4.69, 9.17) is 9.31 Å². The molecule has 17 heavy (non-hydrogen) atoms. The van der Waals surface area contributed by atoms with Crippen LogP contribution < -0.4 is 5.46 Å². The second kappa shape index (κ2) is 4.04. The molecule has 2 nitrogen and oxygen atoms in total. The molecule has 1 aliphatic heterocycles. The molecule has 2 rings (SSSR count). The molecule has 0 unspecified atom stereocenters. The minimum absolute atomic E-state index is 0.0310.